The SMILES string of the molecule is CC(C)C1CCCC(C(C)C)C1N=CC1CCCCN1. The van der Waals surface area contributed by atoms with E-state index in [2.05, 4.69) is 39.2 Å². The van der Waals surface area contributed by atoms with E-state index < -0.39 is 0 Å². The van der Waals surface area contributed by atoms with E-state index in [0.717, 1.165) is 23.7 Å². The number of rotatable bonds is 4. The van der Waals surface area contributed by atoms with E-state index in [-0.39, 0.29) is 0 Å². The lowest BCUT2D eigenvalue weighted by molar-refractivity contribution is 0.143. The fraction of sp³-hybridized carbons (Fsp3) is 0.944. The van der Waals surface area contributed by atoms with E-state index in [1.165, 1.54) is 45.1 Å². The van der Waals surface area contributed by atoms with Crippen LogP contribution in [0.25, 0.3) is 0 Å². The highest BCUT2D eigenvalue weighted by Gasteiger charge is 2.35. The normalized spacial score (nSPS) is 36.1. The number of nitrogens with zero attached hydrogens (tertiary/aromatic N) is 1. The van der Waals surface area contributed by atoms with Crippen LogP contribution in [-0.4, -0.2) is 24.8 Å². The fourth-order valence-electron chi connectivity index (χ4n) is 4.13. The molecule has 0 amide bonds. The topological polar surface area (TPSA) is 24.4 Å². The molecule has 0 aromatic carbocycles. The van der Waals surface area contributed by atoms with Gasteiger partial charge in [-0.1, -0.05) is 40.5 Å². The average Bonchev–Trinajstić information content (AvgIpc) is 2.45. The van der Waals surface area contributed by atoms with Crippen LogP contribution < -0.4 is 5.32 Å². The van der Waals surface area contributed by atoms with Crippen molar-refractivity contribution in [3.8, 4) is 0 Å². The molecular weight excluding hydrogens is 244 g/mol. The molecule has 1 aliphatic heterocycles. The first-order valence-electron chi connectivity index (χ1n) is 8.86. The highest BCUT2D eigenvalue weighted by Crippen LogP contribution is 2.39. The minimum atomic E-state index is 0.534. The van der Waals surface area contributed by atoms with E-state index in [9.17, 15) is 0 Å². The van der Waals surface area contributed by atoms with E-state index in [4.69, 9.17) is 4.99 Å². The summed E-state index contributed by atoms with van der Waals surface area (Å²) in [5, 5.41) is 3.60. The Morgan fingerprint density at radius 1 is 0.900 bits per heavy atom. The predicted octanol–water partition coefficient (Wildman–Crippen LogP) is 4.30. The monoisotopic (exact) mass is 278 g/mol. The number of nitrogens with one attached hydrogen (secondary N) is 1. The minimum absolute atomic E-state index is 0.534. The van der Waals surface area contributed by atoms with E-state index in [1.54, 1.807) is 0 Å². The van der Waals surface area contributed by atoms with Crippen LogP contribution in [0.5, 0.6) is 0 Å². The first-order chi connectivity index (χ1) is 9.59. The Hall–Kier alpha value is -0.370. The largest absolute Gasteiger partial charge is 0.309 e. The van der Waals surface area contributed by atoms with Crippen molar-refractivity contribution in [2.75, 3.05) is 6.54 Å². The molecule has 1 aliphatic carbocycles. The molecule has 116 valence electrons. The van der Waals surface area contributed by atoms with Gasteiger partial charge in [-0.15, -0.1) is 0 Å². The second kappa shape index (κ2) is 7.59. The summed E-state index contributed by atoms with van der Waals surface area (Å²) in [6, 6.07) is 1.10. The Morgan fingerprint density at radius 3 is 2.05 bits per heavy atom. The highest BCUT2D eigenvalue weighted by atomic mass is 14.9. The molecule has 0 aromatic rings. The molecule has 2 heteroatoms. The Kier molecular flexibility index (Phi) is 6.07. The zero-order valence-corrected chi connectivity index (χ0v) is 13.9. The van der Waals surface area contributed by atoms with E-state index in [0.29, 0.717) is 12.1 Å². The Bertz CT molecular complexity index is 287. The van der Waals surface area contributed by atoms with Gasteiger partial charge in [-0.05, 0) is 55.9 Å². The molecule has 2 fully saturated rings. The van der Waals surface area contributed by atoms with Crippen LogP contribution in [0.1, 0.15) is 66.2 Å². The molecule has 20 heavy (non-hydrogen) atoms. The van der Waals surface area contributed by atoms with Crippen LogP contribution in [0.3, 0.4) is 0 Å². The maximum atomic E-state index is 5.12. The molecule has 2 aliphatic rings. The summed E-state index contributed by atoms with van der Waals surface area (Å²) in [7, 11) is 0. The fourth-order valence-corrected chi connectivity index (χ4v) is 4.13. The van der Waals surface area contributed by atoms with Gasteiger partial charge in [0.25, 0.3) is 0 Å². The van der Waals surface area contributed by atoms with Crippen LogP contribution in [0.15, 0.2) is 4.99 Å². The van der Waals surface area contributed by atoms with Crippen molar-refractivity contribution in [1.29, 1.82) is 0 Å². The lowest BCUT2D eigenvalue weighted by atomic mass is 9.69. The molecule has 1 saturated carbocycles. The number of hydrogen-bond acceptors (Lipinski definition) is 2. The summed E-state index contributed by atoms with van der Waals surface area (Å²) >= 11 is 0. The maximum Gasteiger partial charge on any atom is 0.0557 e. The first-order valence-corrected chi connectivity index (χ1v) is 8.86. The molecule has 3 atom stereocenters. The van der Waals surface area contributed by atoms with Crippen molar-refractivity contribution in [3.05, 3.63) is 0 Å². The number of piperidine rings is 1. The van der Waals surface area contributed by atoms with Crippen molar-refractivity contribution in [1.82, 2.24) is 5.32 Å². The molecule has 3 unspecified atom stereocenters. The molecule has 0 radical (unpaired) electrons. The van der Waals surface area contributed by atoms with Gasteiger partial charge >= 0.3 is 0 Å². The third kappa shape index (κ3) is 4.07. The van der Waals surface area contributed by atoms with Crippen LogP contribution in [-0.2, 0) is 0 Å². The summed E-state index contributed by atoms with van der Waals surface area (Å²) in [5.41, 5.74) is 0. The molecule has 0 bridgehead atoms. The van der Waals surface area contributed by atoms with Gasteiger partial charge in [-0.25, -0.2) is 0 Å². The van der Waals surface area contributed by atoms with Gasteiger partial charge in [0.15, 0.2) is 0 Å². The molecule has 0 spiro atoms. The van der Waals surface area contributed by atoms with Gasteiger partial charge in [0.2, 0.25) is 0 Å². The van der Waals surface area contributed by atoms with Crippen LogP contribution in [0, 0.1) is 23.7 Å². The lowest BCUT2D eigenvalue weighted by Gasteiger charge is -2.40. The van der Waals surface area contributed by atoms with Gasteiger partial charge in [-0.2, -0.15) is 0 Å². The Labute approximate surface area is 125 Å². The molecule has 2 rings (SSSR count). The summed E-state index contributed by atoms with van der Waals surface area (Å²) in [6.07, 6.45) is 10.4. The van der Waals surface area contributed by atoms with Crippen molar-refractivity contribution in [3.63, 3.8) is 0 Å². The first kappa shape index (κ1) is 16.0. The van der Waals surface area contributed by atoms with Crippen LogP contribution >= 0.6 is 0 Å². The van der Waals surface area contributed by atoms with Crippen molar-refractivity contribution >= 4 is 6.21 Å². The predicted molar refractivity (Wildman–Crippen MR) is 88.4 cm³/mol. The van der Waals surface area contributed by atoms with Crippen molar-refractivity contribution in [2.24, 2.45) is 28.7 Å². The highest BCUT2D eigenvalue weighted by molar-refractivity contribution is 5.64. The molecule has 0 aromatic heterocycles. The minimum Gasteiger partial charge on any atom is -0.309 e. The summed E-state index contributed by atoms with van der Waals surface area (Å²) in [6.45, 7) is 10.7. The molecular formula is C18H34N2. The van der Waals surface area contributed by atoms with Gasteiger partial charge < -0.3 is 5.32 Å². The third-order valence-electron chi connectivity index (χ3n) is 5.45. The van der Waals surface area contributed by atoms with E-state index >= 15 is 0 Å². The average molecular weight is 278 g/mol. The molecule has 2 nitrogen and oxygen atoms in total. The van der Waals surface area contributed by atoms with Crippen molar-refractivity contribution in [2.45, 2.75) is 78.3 Å². The molecule has 1 saturated heterocycles. The van der Waals surface area contributed by atoms with Gasteiger partial charge in [0.1, 0.15) is 0 Å². The smallest absolute Gasteiger partial charge is 0.0557 e. The summed E-state index contributed by atoms with van der Waals surface area (Å²) < 4.78 is 0. The second-order valence-corrected chi connectivity index (χ2v) is 7.59. The summed E-state index contributed by atoms with van der Waals surface area (Å²) in [4.78, 5) is 5.12. The lowest BCUT2D eigenvalue weighted by Crippen LogP contribution is -2.40. The zero-order valence-electron chi connectivity index (χ0n) is 13.9. The number of hydrogen-bond donors (Lipinski definition) is 1. The standard InChI is InChI=1S/C18H34N2/c1-13(2)16-9-7-10-17(14(3)4)18(16)20-12-15-8-5-6-11-19-15/h12-19H,5-11H2,1-4H3. The molecule has 1 N–H and O–H groups in total. The Morgan fingerprint density at radius 2 is 1.55 bits per heavy atom. The van der Waals surface area contributed by atoms with Crippen molar-refractivity contribution < 1.29 is 0 Å². The third-order valence-corrected chi connectivity index (χ3v) is 5.45. The molecule has 1 heterocycles. The van der Waals surface area contributed by atoms with E-state index in [1.807, 2.05) is 0 Å². The van der Waals surface area contributed by atoms with Gasteiger partial charge in [0, 0.05) is 12.3 Å². The number of aliphatic imine (C=N–C) groups is 1. The second-order valence-electron chi connectivity index (χ2n) is 7.59. The van der Waals surface area contributed by atoms with Crippen LogP contribution in [0.2, 0.25) is 0 Å². The zero-order chi connectivity index (χ0) is 14.5. The van der Waals surface area contributed by atoms with Crippen LogP contribution in [0.4, 0.5) is 0 Å². The van der Waals surface area contributed by atoms with Gasteiger partial charge in [-0.3, -0.25) is 4.99 Å². The quantitative estimate of drug-likeness (QED) is 0.762. The summed E-state index contributed by atoms with van der Waals surface area (Å²) in [5.74, 6) is 3.10. The van der Waals surface area contributed by atoms with Gasteiger partial charge in [0.05, 0.1) is 6.04 Å². The Balaban J connectivity index is 2.05. The maximum absolute atomic E-state index is 5.12.